The van der Waals surface area contributed by atoms with E-state index in [1.807, 2.05) is 38.1 Å². The van der Waals surface area contributed by atoms with Crippen LogP contribution in [0.25, 0.3) is 10.9 Å². The van der Waals surface area contributed by atoms with Crippen molar-refractivity contribution in [2.24, 2.45) is 52.7 Å². The monoisotopic (exact) mass is 1250 g/mol. The highest BCUT2D eigenvalue weighted by Crippen LogP contribution is 2.26. The van der Waals surface area contributed by atoms with Gasteiger partial charge in [0.15, 0.2) is 23.1 Å². The number of primary amides is 1. The maximum absolute atomic E-state index is 14.9. The molecule has 1 aromatic heterocycles. The molecule has 0 unspecified atom stereocenters. The van der Waals surface area contributed by atoms with Gasteiger partial charge in [0, 0.05) is 72.9 Å². The van der Waals surface area contributed by atoms with Crippen LogP contribution in [-0.2, 0) is 72.0 Å². The van der Waals surface area contributed by atoms with Crippen LogP contribution in [0.5, 0.6) is 5.75 Å². The van der Waals surface area contributed by atoms with Crippen molar-refractivity contribution in [3.8, 4) is 5.75 Å². The molecule has 492 valence electrons. The summed E-state index contributed by atoms with van der Waals surface area (Å²) >= 11 is 0. The normalized spacial score (nSPS) is 14.7. The molecule has 4 rings (SSSR count). The van der Waals surface area contributed by atoms with Crippen molar-refractivity contribution in [2.45, 2.75) is 161 Å². The molecular weight excluding hydrogens is 1160 g/mol. The van der Waals surface area contributed by atoms with Crippen LogP contribution in [0.3, 0.4) is 0 Å². The summed E-state index contributed by atoms with van der Waals surface area (Å²) in [5, 5.41) is 53.5. The van der Waals surface area contributed by atoms with Crippen LogP contribution in [0, 0.1) is 35.5 Å². The molecule has 1 heterocycles. The number of Topliss-reactive ketones (excluding diaryl/α,β-unsaturated/α-hetero) is 4. The van der Waals surface area contributed by atoms with Crippen molar-refractivity contribution in [1.82, 2.24) is 31.6 Å². The highest BCUT2D eigenvalue weighted by Gasteiger charge is 2.36. The number of aromatic nitrogens is 1. The zero-order chi connectivity index (χ0) is 66.5. The van der Waals surface area contributed by atoms with Crippen molar-refractivity contribution in [2.75, 3.05) is 26.2 Å². The number of aliphatic carboxylic acids is 1. The number of phenolic OH excluding ortho intramolecular Hbond substituents is 1. The summed E-state index contributed by atoms with van der Waals surface area (Å²) < 4.78 is 0. The Morgan fingerprint density at radius 1 is 0.556 bits per heavy atom. The molecule has 3 aromatic carbocycles. The highest BCUT2D eigenvalue weighted by molar-refractivity contribution is 5.98. The van der Waals surface area contributed by atoms with E-state index < -0.39 is 163 Å². The number of benzene rings is 3. The van der Waals surface area contributed by atoms with Gasteiger partial charge in [-0.3, -0.25) is 52.7 Å². The molecule has 10 atom stereocenters. The zero-order valence-electron chi connectivity index (χ0n) is 52.1. The molecule has 0 aliphatic carbocycles. The van der Waals surface area contributed by atoms with Gasteiger partial charge in [-0.15, -0.1) is 0 Å². The number of H-pyrrole nitrogens is 1. The van der Waals surface area contributed by atoms with Crippen LogP contribution in [0.4, 0.5) is 0 Å². The van der Waals surface area contributed by atoms with Crippen molar-refractivity contribution in [1.29, 1.82) is 0 Å². The Balaban J connectivity index is 1.65. The molecule has 24 nitrogen and oxygen atoms in total. The fraction of sp³-hybridized carbons (Fsp3) is 0.530. The van der Waals surface area contributed by atoms with Crippen LogP contribution >= 0.6 is 0 Å². The number of aromatic hydroxyl groups is 1. The SMILES string of the molecule is CC(C)C[C@H](NC(=O)[C@@H](CC(=O)[C@H](CCCCN)NC(=O)[C@H](CCCCN)CC(=O)[C@H](CCC(=O)O)NC(=O)[C@@H](C)CO)Cc1ccc(O)cc1)C(=O)C[C@@H](Cc1c[nH]c2ccccc12)C(=O)NCC(=O)C[C@@H](Cc1ccccc1)C(=O)N[C@H](C(N)=O)[C@@H](C)O. The first kappa shape index (κ1) is 74.3. The first-order chi connectivity index (χ1) is 42.8. The number of ketones is 4. The second-order valence-electron chi connectivity index (χ2n) is 23.9. The van der Waals surface area contributed by atoms with Crippen molar-refractivity contribution in [3.63, 3.8) is 0 Å². The minimum absolute atomic E-state index is 0.00800. The summed E-state index contributed by atoms with van der Waals surface area (Å²) in [5.74, 6) is -13.6. The van der Waals surface area contributed by atoms with Crippen molar-refractivity contribution in [3.05, 3.63) is 102 Å². The lowest BCUT2D eigenvalue weighted by Gasteiger charge is -2.27. The fourth-order valence-electron chi connectivity index (χ4n) is 10.7. The molecule has 0 aliphatic heterocycles. The standard InChI is InChI=1S/C66H93N9O15/c1-39(2)28-55(58(82)35-47(31-48-36-70-52-18-9-8-17-51(48)52)63(87)71-37-50(79)32-45(29-42-14-6-5-7-15-42)66(90)75-60(41(4)77)61(69)85)74-65(89)46(30-43-20-22-49(78)23-21-43)34-57(81)53(19-11-13-27-68)73-64(88)44(16-10-12-26-67)33-56(80)54(24-25-59(83)84)72-62(86)40(3)38-76/h5-9,14-15,17-18,20-23,36,39-41,44-47,53-55,60,70,76-78H,10-13,16,19,24-35,37-38,67-68H2,1-4H3,(H2,69,85)(H,71,87)(H,72,86)(H,73,88)(H,74,89)(H,75,90)(H,83,84)/t40-,41+,44+,45+,46+,47+,53-,54-,55-,60-/m0/s1. The molecule has 0 aliphatic rings. The lowest BCUT2D eigenvalue weighted by atomic mass is 9.87. The second-order valence-corrected chi connectivity index (χ2v) is 23.9. The van der Waals surface area contributed by atoms with Gasteiger partial charge in [-0.1, -0.05) is 87.9 Å². The van der Waals surface area contributed by atoms with Gasteiger partial charge in [0.1, 0.15) is 11.8 Å². The molecule has 4 aromatic rings. The number of rotatable bonds is 44. The Kier molecular flexibility index (Phi) is 31.7. The Morgan fingerprint density at radius 2 is 1.07 bits per heavy atom. The van der Waals surface area contributed by atoms with Gasteiger partial charge < -0.3 is 69.2 Å². The number of carbonyl (C=O) groups excluding carboxylic acids is 10. The number of carbonyl (C=O) groups is 11. The quantitative estimate of drug-likeness (QED) is 0.0283. The lowest BCUT2D eigenvalue weighted by molar-refractivity contribution is -0.138. The van der Waals surface area contributed by atoms with Gasteiger partial charge in [-0.05, 0) is 125 Å². The number of carboxylic acid groups (broad SMARTS) is 1. The molecule has 24 heteroatoms. The number of para-hydroxylation sites is 1. The number of unbranched alkanes of at least 4 members (excludes halogenated alkanes) is 2. The van der Waals surface area contributed by atoms with E-state index in [-0.39, 0.29) is 76.1 Å². The number of aliphatic hydroxyl groups is 2. The van der Waals surface area contributed by atoms with Crippen molar-refractivity contribution < 1.29 is 73.2 Å². The minimum atomic E-state index is -1.44. The maximum Gasteiger partial charge on any atom is 0.303 e. The molecule has 6 amide bonds. The summed E-state index contributed by atoms with van der Waals surface area (Å²) in [6.45, 7) is 5.82. The first-order valence-corrected chi connectivity index (χ1v) is 31.0. The number of carboxylic acids is 1. The van der Waals surface area contributed by atoms with E-state index >= 15 is 0 Å². The highest BCUT2D eigenvalue weighted by atomic mass is 16.4. The largest absolute Gasteiger partial charge is 0.508 e. The third-order valence-electron chi connectivity index (χ3n) is 15.9. The Morgan fingerprint density at radius 3 is 1.66 bits per heavy atom. The third-order valence-corrected chi connectivity index (χ3v) is 15.9. The third kappa shape index (κ3) is 25.4. The summed E-state index contributed by atoms with van der Waals surface area (Å²) in [5.41, 5.74) is 19.8. The van der Waals surface area contributed by atoms with Crippen LogP contribution < -0.4 is 43.8 Å². The predicted molar refractivity (Wildman–Crippen MR) is 336 cm³/mol. The number of nitrogens with one attached hydrogen (secondary N) is 6. The van der Waals surface area contributed by atoms with E-state index in [9.17, 15) is 73.2 Å². The molecule has 16 N–H and O–H groups in total. The Bertz CT molecular complexity index is 3020. The van der Waals surface area contributed by atoms with Gasteiger partial charge in [-0.2, -0.15) is 0 Å². The van der Waals surface area contributed by atoms with Gasteiger partial charge in [-0.25, -0.2) is 0 Å². The van der Waals surface area contributed by atoms with Crippen LogP contribution in [-0.4, -0.2) is 146 Å². The van der Waals surface area contributed by atoms with Crippen molar-refractivity contribution >= 4 is 75.4 Å². The van der Waals surface area contributed by atoms with Gasteiger partial charge in [0.2, 0.25) is 35.4 Å². The molecule has 90 heavy (non-hydrogen) atoms. The van der Waals surface area contributed by atoms with E-state index in [0.717, 1.165) is 10.9 Å². The van der Waals surface area contributed by atoms with E-state index in [0.29, 0.717) is 42.4 Å². The smallest absolute Gasteiger partial charge is 0.303 e. The van der Waals surface area contributed by atoms with Gasteiger partial charge in [0.25, 0.3) is 0 Å². The summed E-state index contributed by atoms with van der Waals surface area (Å²) in [6, 6.07) is 16.9. The number of amides is 6. The Labute approximate surface area is 525 Å². The van der Waals surface area contributed by atoms with Crippen LogP contribution in [0.2, 0.25) is 0 Å². The lowest BCUT2D eigenvalue weighted by Crippen LogP contribution is -2.52. The summed E-state index contributed by atoms with van der Waals surface area (Å²) in [6.07, 6.45) is -0.102. The second kappa shape index (κ2) is 38.4. The van der Waals surface area contributed by atoms with Gasteiger partial charge in [0.05, 0.1) is 43.3 Å². The van der Waals surface area contributed by atoms with Gasteiger partial charge >= 0.3 is 5.97 Å². The van der Waals surface area contributed by atoms with E-state index in [2.05, 4.69) is 31.6 Å². The number of aliphatic hydroxyl groups excluding tert-OH is 2. The number of hydrogen-bond acceptors (Lipinski definition) is 16. The number of nitrogens with two attached hydrogens (primary N) is 3. The maximum atomic E-state index is 14.9. The van der Waals surface area contributed by atoms with E-state index in [1.165, 1.54) is 26.0 Å². The molecular formula is C66H93N9O15. The fourth-order valence-corrected chi connectivity index (χ4v) is 10.7. The topological polar surface area (TPSA) is 423 Å². The average molecular weight is 1250 g/mol. The predicted octanol–water partition coefficient (Wildman–Crippen LogP) is 2.92. The van der Waals surface area contributed by atoms with Crippen LogP contribution in [0.15, 0.2) is 85.1 Å². The number of phenols is 1. The molecule has 0 saturated carbocycles. The molecule has 0 radical (unpaired) electrons. The molecule has 0 fully saturated rings. The Hall–Kier alpha value is -8.19. The molecule has 0 spiro atoms. The molecule has 0 bridgehead atoms. The zero-order valence-corrected chi connectivity index (χ0v) is 52.1. The number of hydrogen-bond donors (Lipinski definition) is 13. The average Bonchev–Trinajstić information content (AvgIpc) is 1.92. The van der Waals surface area contributed by atoms with E-state index in [4.69, 9.17) is 17.2 Å². The number of fused-ring (bicyclic) bond motifs is 1. The molecule has 0 saturated heterocycles. The first-order valence-electron chi connectivity index (χ1n) is 31.0. The summed E-state index contributed by atoms with van der Waals surface area (Å²) in [4.78, 5) is 155. The summed E-state index contributed by atoms with van der Waals surface area (Å²) in [7, 11) is 0. The van der Waals surface area contributed by atoms with Crippen LogP contribution in [0.1, 0.15) is 128 Å². The number of aromatic amines is 1. The van der Waals surface area contributed by atoms with E-state index in [1.54, 1.807) is 48.7 Å². The minimum Gasteiger partial charge on any atom is -0.508 e.